The number of benzene rings is 2. The molecule has 2 aromatic rings. The first kappa shape index (κ1) is 19.3. The number of hydrogen-bond donors (Lipinski definition) is 1. The van der Waals surface area contributed by atoms with Crippen LogP contribution in [0.25, 0.3) is 0 Å². The van der Waals surface area contributed by atoms with Gasteiger partial charge in [0.05, 0.1) is 20.2 Å². The first-order chi connectivity index (χ1) is 13.9. The lowest BCUT2D eigenvalue weighted by atomic mass is 9.99. The number of methoxy groups -OCH3 is 1. The Morgan fingerprint density at radius 3 is 2.69 bits per heavy atom. The molecule has 0 aliphatic carbocycles. The molecule has 2 aliphatic heterocycles. The Kier molecular flexibility index (Phi) is 4.92. The summed E-state index contributed by atoms with van der Waals surface area (Å²) in [6, 6.07) is 13.4. The van der Waals surface area contributed by atoms with E-state index in [1.54, 1.807) is 53.4 Å². The number of ether oxygens (including phenoxy) is 1. The molecule has 4 amide bonds. The molecular weight excluding hydrogens is 394 g/mol. The number of rotatable bonds is 4. The Balaban J connectivity index is 1.49. The van der Waals surface area contributed by atoms with Gasteiger partial charge in [0.15, 0.2) is 0 Å². The lowest BCUT2D eigenvalue weighted by Crippen LogP contribution is -2.49. The molecular formula is C21H20ClN3O4. The Labute approximate surface area is 173 Å². The maximum Gasteiger partial charge on any atom is 0.325 e. The Morgan fingerprint density at radius 2 is 1.97 bits per heavy atom. The number of hydrogen-bond acceptors (Lipinski definition) is 4. The average molecular weight is 414 g/mol. The maximum absolute atomic E-state index is 13.1. The van der Waals surface area contributed by atoms with E-state index in [2.05, 4.69) is 5.32 Å². The fourth-order valence-corrected chi connectivity index (χ4v) is 3.92. The van der Waals surface area contributed by atoms with Crippen LogP contribution in [0.2, 0.25) is 5.02 Å². The van der Waals surface area contributed by atoms with Crippen molar-refractivity contribution in [3.63, 3.8) is 0 Å². The van der Waals surface area contributed by atoms with E-state index in [4.69, 9.17) is 16.3 Å². The van der Waals surface area contributed by atoms with E-state index in [0.717, 1.165) is 5.56 Å². The third-order valence-electron chi connectivity index (χ3n) is 5.37. The third-order valence-corrected chi connectivity index (χ3v) is 5.62. The van der Waals surface area contributed by atoms with Crippen LogP contribution >= 0.6 is 11.6 Å². The van der Waals surface area contributed by atoms with Crippen molar-refractivity contribution < 1.29 is 19.1 Å². The molecule has 2 aliphatic rings. The van der Waals surface area contributed by atoms with Crippen LogP contribution in [0.5, 0.6) is 5.75 Å². The SMILES string of the molecule is COc1cccc(C(=O)N2CCC3(C2)NC(=O)N(Cc2ccc(Cl)cc2)C3=O)c1. The van der Waals surface area contributed by atoms with Gasteiger partial charge in [-0.25, -0.2) is 4.79 Å². The van der Waals surface area contributed by atoms with E-state index in [-0.39, 0.29) is 24.9 Å². The van der Waals surface area contributed by atoms with Gasteiger partial charge in [0.1, 0.15) is 11.3 Å². The second-order valence-electron chi connectivity index (χ2n) is 7.24. The average Bonchev–Trinajstić information content (AvgIpc) is 3.26. The predicted molar refractivity (Wildman–Crippen MR) is 107 cm³/mol. The van der Waals surface area contributed by atoms with Gasteiger partial charge in [-0.05, 0) is 42.3 Å². The van der Waals surface area contributed by atoms with Crippen LogP contribution in [0.4, 0.5) is 4.79 Å². The number of halogens is 1. The third kappa shape index (κ3) is 3.53. The molecule has 2 heterocycles. The van der Waals surface area contributed by atoms with E-state index in [0.29, 0.717) is 29.3 Å². The number of likely N-dealkylation sites (tertiary alicyclic amines) is 1. The van der Waals surface area contributed by atoms with Gasteiger partial charge in [-0.2, -0.15) is 0 Å². The second kappa shape index (κ2) is 7.40. The van der Waals surface area contributed by atoms with Crippen molar-refractivity contribution in [3.8, 4) is 5.75 Å². The van der Waals surface area contributed by atoms with Crippen LogP contribution in [0.3, 0.4) is 0 Å². The summed E-state index contributed by atoms with van der Waals surface area (Å²) >= 11 is 5.89. The van der Waals surface area contributed by atoms with Gasteiger partial charge in [0.2, 0.25) is 0 Å². The number of carbonyl (C=O) groups excluding carboxylic acids is 3. The molecule has 0 saturated carbocycles. The van der Waals surface area contributed by atoms with Gasteiger partial charge in [0, 0.05) is 17.1 Å². The van der Waals surface area contributed by atoms with Gasteiger partial charge in [-0.1, -0.05) is 29.8 Å². The van der Waals surface area contributed by atoms with Crippen LogP contribution < -0.4 is 10.1 Å². The predicted octanol–water partition coefficient (Wildman–Crippen LogP) is 2.69. The summed E-state index contributed by atoms with van der Waals surface area (Å²) in [5, 5.41) is 3.40. The van der Waals surface area contributed by atoms with E-state index in [1.165, 1.54) is 12.0 Å². The molecule has 1 spiro atoms. The minimum atomic E-state index is -1.07. The normalized spacial score (nSPS) is 21.0. The molecule has 29 heavy (non-hydrogen) atoms. The number of urea groups is 1. The summed E-state index contributed by atoms with van der Waals surface area (Å²) in [7, 11) is 1.54. The molecule has 1 atom stereocenters. The van der Waals surface area contributed by atoms with Crippen molar-refractivity contribution in [2.45, 2.75) is 18.5 Å². The Morgan fingerprint density at radius 1 is 1.21 bits per heavy atom. The minimum absolute atomic E-state index is 0.144. The Bertz CT molecular complexity index is 978. The molecule has 7 nitrogen and oxygen atoms in total. The van der Waals surface area contributed by atoms with E-state index >= 15 is 0 Å². The molecule has 2 fully saturated rings. The lowest BCUT2D eigenvalue weighted by Gasteiger charge is -2.22. The molecule has 150 valence electrons. The second-order valence-corrected chi connectivity index (χ2v) is 7.68. The standard InChI is InChI=1S/C21H20ClN3O4/c1-29-17-4-2-3-15(11-17)18(26)24-10-9-21(13-24)19(27)25(20(28)23-21)12-14-5-7-16(22)8-6-14/h2-8,11H,9-10,12-13H2,1H3,(H,23,28). The first-order valence-electron chi connectivity index (χ1n) is 9.24. The topological polar surface area (TPSA) is 79.0 Å². The molecule has 2 aromatic carbocycles. The highest BCUT2D eigenvalue weighted by atomic mass is 35.5. The number of carbonyl (C=O) groups is 3. The first-order valence-corrected chi connectivity index (χ1v) is 9.61. The van der Waals surface area contributed by atoms with Gasteiger partial charge in [-0.3, -0.25) is 14.5 Å². The van der Waals surface area contributed by atoms with Crippen molar-refractivity contribution >= 4 is 29.4 Å². The van der Waals surface area contributed by atoms with Gasteiger partial charge in [0.25, 0.3) is 11.8 Å². The molecule has 0 bridgehead atoms. The highest BCUT2D eigenvalue weighted by Crippen LogP contribution is 2.31. The monoisotopic (exact) mass is 413 g/mol. The van der Waals surface area contributed by atoms with Crippen molar-refractivity contribution in [2.75, 3.05) is 20.2 Å². The van der Waals surface area contributed by atoms with Crippen molar-refractivity contribution in [1.29, 1.82) is 0 Å². The largest absolute Gasteiger partial charge is 0.497 e. The molecule has 4 rings (SSSR count). The van der Waals surface area contributed by atoms with Crippen LogP contribution in [0.15, 0.2) is 48.5 Å². The van der Waals surface area contributed by atoms with E-state index in [9.17, 15) is 14.4 Å². The van der Waals surface area contributed by atoms with E-state index < -0.39 is 11.6 Å². The van der Waals surface area contributed by atoms with Gasteiger partial charge < -0.3 is 15.0 Å². The number of nitrogens with zero attached hydrogens (tertiary/aromatic N) is 2. The molecule has 1 N–H and O–H groups in total. The molecule has 8 heteroatoms. The summed E-state index contributed by atoms with van der Waals surface area (Å²) in [4.78, 5) is 41.2. The molecule has 1 unspecified atom stereocenters. The fraction of sp³-hybridized carbons (Fsp3) is 0.286. The summed E-state index contributed by atoms with van der Waals surface area (Å²) in [6.07, 6.45) is 0.379. The van der Waals surface area contributed by atoms with Gasteiger partial charge in [-0.15, -0.1) is 0 Å². The summed E-state index contributed by atoms with van der Waals surface area (Å²) in [5.41, 5.74) is 0.214. The van der Waals surface area contributed by atoms with Gasteiger partial charge >= 0.3 is 6.03 Å². The zero-order valence-electron chi connectivity index (χ0n) is 15.9. The van der Waals surface area contributed by atoms with Crippen LogP contribution in [-0.2, 0) is 11.3 Å². The zero-order chi connectivity index (χ0) is 20.6. The van der Waals surface area contributed by atoms with E-state index in [1.807, 2.05) is 0 Å². The highest BCUT2D eigenvalue weighted by Gasteiger charge is 2.55. The highest BCUT2D eigenvalue weighted by molar-refractivity contribution is 6.30. The molecule has 0 aromatic heterocycles. The number of nitrogens with one attached hydrogen (secondary N) is 1. The fourth-order valence-electron chi connectivity index (χ4n) is 3.79. The quantitative estimate of drug-likeness (QED) is 0.781. The maximum atomic E-state index is 13.1. The minimum Gasteiger partial charge on any atom is -0.497 e. The molecule has 0 radical (unpaired) electrons. The summed E-state index contributed by atoms with van der Waals surface area (Å²) < 4.78 is 5.17. The number of imide groups is 1. The van der Waals surface area contributed by atoms with Crippen molar-refractivity contribution in [1.82, 2.24) is 15.1 Å². The molecule has 2 saturated heterocycles. The van der Waals surface area contributed by atoms with Crippen LogP contribution in [-0.4, -0.2) is 53.4 Å². The van der Waals surface area contributed by atoms with Crippen molar-refractivity contribution in [3.05, 3.63) is 64.7 Å². The Hall–Kier alpha value is -3.06. The lowest BCUT2D eigenvalue weighted by molar-refractivity contribution is -0.131. The van der Waals surface area contributed by atoms with Crippen LogP contribution in [0, 0.1) is 0 Å². The summed E-state index contributed by atoms with van der Waals surface area (Å²) in [5.74, 6) is 0.0847. The summed E-state index contributed by atoms with van der Waals surface area (Å²) in [6.45, 7) is 0.689. The smallest absolute Gasteiger partial charge is 0.325 e. The van der Waals surface area contributed by atoms with Crippen LogP contribution in [0.1, 0.15) is 22.3 Å². The zero-order valence-corrected chi connectivity index (χ0v) is 16.6. The number of amides is 4. The van der Waals surface area contributed by atoms with Crippen molar-refractivity contribution in [2.24, 2.45) is 0 Å².